The van der Waals surface area contributed by atoms with E-state index in [0.29, 0.717) is 49.4 Å². The van der Waals surface area contributed by atoms with E-state index in [0.717, 1.165) is 119 Å². The molecule has 0 aliphatic heterocycles. The van der Waals surface area contributed by atoms with Crippen LogP contribution in [-0.2, 0) is 38.1 Å². The Bertz CT molecular complexity index is 2040. The van der Waals surface area contributed by atoms with Crippen molar-refractivity contribution in [3.05, 3.63) is 0 Å². The van der Waals surface area contributed by atoms with E-state index in [1.54, 1.807) is 14.2 Å². The van der Waals surface area contributed by atoms with Gasteiger partial charge in [0.1, 0.15) is 0 Å². The number of esters is 4. The summed E-state index contributed by atoms with van der Waals surface area (Å²) in [7, 11) is 6.12. The zero-order valence-electron chi connectivity index (χ0n) is 63.2. The zero-order chi connectivity index (χ0) is 67.1. The summed E-state index contributed by atoms with van der Waals surface area (Å²) in [6.45, 7) is 20.1. The summed E-state index contributed by atoms with van der Waals surface area (Å²) in [5, 5.41) is 0. The summed E-state index contributed by atoms with van der Waals surface area (Å²) in [5.74, 6) is 17.1. The third kappa shape index (κ3) is 30.1. The van der Waals surface area contributed by atoms with Crippen LogP contribution in [0.1, 0.15) is 357 Å². The van der Waals surface area contributed by atoms with Gasteiger partial charge in [0.05, 0.1) is 28.4 Å². The lowest BCUT2D eigenvalue weighted by Crippen LogP contribution is -2.21. The lowest BCUT2D eigenvalue weighted by Gasteiger charge is -2.33. The predicted octanol–water partition coefficient (Wildman–Crippen LogP) is 23.8. The molecule has 0 N–H and O–H groups in total. The van der Waals surface area contributed by atoms with Crippen LogP contribution in [0, 0.1) is 130 Å². The van der Waals surface area contributed by atoms with Crippen molar-refractivity contribution in [1.82, 2.24) is 0 Å². The number of rotatable bonds is 47. The quantitative estimate of drug-likeness (QED) is 0.0438. The first kappa shape index (κ1) is 79.9. The first-order chi connectivity index (χ1) is 44.8. The van der Waals surface area contributed by atoms with E-state index < -0.39 is 0 Å². The Morgan fingerprint density at radius 1 is 0.290 bits per heavy atom. The molecule has 8 nitrogen and oxygen atoms in total. The summed E-state index contributed by atoms with van der Waals surface area (Å²) < 4.78 is 20.0. The molecule has 0 aromatic heterocycles. The second kappa shape index (κ2) is 44.1. The van der Waals surface area contributed by atoms with Crippen molar-refractivity contribution >= 4 is 23.9 Å². The molecule has 6 rings (SSSR count). The fourth-order valence-corrected chi connectivity index (χ4v) is 21.2. The summed E-state index contributed by atoms with van der Waals surface area (Å²) >= 11 is 0. The summed E-state index contributed by atoms with van der Waals surface area (Å²) in [6.07, 6.45) is 61.3. The van der Waals surface area contributed by atoms with Crippen LogP contribution in [0.5, 0.6) is 0 Å². The maximum Gasteiger partial charge on any atom is 0.305 e. The van der Waals surface area contributed by atoms with Crippen LogP contribution < -0.4 is 0 Å². The molecule has 6 fully saturated rings. The number of hydrogen-bond acceptors (Lipinski definition) is 8. The van der Waals surface area contributed by atoms with Gasteiger partial charge in [-0.3, -0.25) is 19.2 Å². The van der Waals surface area contributed by atoms with Crippen molar-refractivity contribution in [1.29, 1.82) is 0 Å². The van der Waals surface area contributed by atoms with Crippen LogP contribution in [0.25, 0.3) is 0 Å². The molecule has 0 amide bonds. The second-order valence-electron chi connectivity index (χ2n) is 35.3. The van der Waals surface area contributed by atoms with Crippen LogP contribution in [-0.4, -0.2) is 52.3 Å². The Kier molecular flexibility index (Phi) is 37.9. The largest absolute Gasteiger partial charge is 0.469 e. The van der Waals surface area contributed by atoms with Gasteiger partial charge in [0.25, 0.3) is 0 Å². The van der Waals surface area contributed by atoms with E-state index in [4.69, 9.17) is 18.9 Å². The highest BCUT2D eigenvalue weighted by molar-refractivity contribution is 5.70. The average molecular weight is 1300 g/mol. The molecule has 93 heavy (non-hydrogen) atoms. The fourth-order valence-electron chi connectivity index (χ4n) is 21.2. The van der Waals surface area contributed by atoms with Gasteiger partial charge in [-0.05, 0) is 227 Å². The molecule has 6 saturated carbocycles. The molecule has 0 aromatic rings. The van der Waals surface area contributed by atoms with E-state index in [1.807, 2.05) is 0 Å². The topological polar surface area (TPSA) is 105 Å². The van der Waals surface area contributed by atoms with Crippen LogP contribution in [0.4, 0.5) is 0 Å². The molecule has 22 atom stereocenters. The van der Waals surface area contributed by atoms with Gasteiger partial charge < -0.3 is 18.9 Å². The number of ether oxygens (including phenoxy) is 4. The Hall–Kier alpha value is -2.12. The normalized spacial score (nSPS) is 29.8. The standard InChI is InChI=1S/C85H152O8/c1-60(20-13-24-66(7)76-46-48-80(58-76)78-44-41-72(54-78)56-84(88)92-11)34-36-68(28-17-26-64(5)74-33-19-32-70(52-74)30-15-22-62(3)50-82(86)90-9)38-39-69(29-18-27-65(6)75-43-40-71(53-75)31-16-23-63(4)51-83(87)91-10)37-35-61(2)21-14-25-67(8)77-47-49-81(59-77)79-45-42-73(55-79)57-85(89)93-12/h60-81H,13-59H2,1-12H3/t60-,61-,62+,63+,64+,65+,66+,67+,68-,69-,70-,71-,72-,73-,74-,75-,76-,77-,78?,79?,80-,81-/m0/s1. The van der Waals surface area contributed by atoms with Crippen LogP contribution in [0.2, 0.25) is 0 Å². The van der Waals surface area contributed by atoms with E-state index in [-0.39, 0.29) is 23.9 Å². The SMILES string of the molecule is COC(=O)C[C@H](C)CCC[C@H]1CCC[C@H]([C@H](C)CCC[C@@H](CC[C@@H](C)CCC[C@@H](C)[C@H]2CC[C@H](C3CC[C@H](CC(=O)OC)C3)C2)CC[C@@H](CCC[C@@H](C)[C@H]2CC[C@H](CCC[C@@H](C)CC(=O)OC)C2)CC[C@@H](C)CCC[C@@H](C)[C@H]2CC[C@H](C3CC[C@H](CC(=O)OC)C3)C2)C1. The molecule has 8 heteroatoms. The average Bonchev–Trinajstić information content (AvgIpc) is 1.76. The highest BCUT2D eigenvalue weighted by atomic mass is 16.5. The number of carbonyl (C=O) groups excluding carboxylic acids is 4. The van der Waals surface area contributed by atoms with E-state index in [2.05, 4.69) is 55.4 Å². The third-order valence-corrected chi connectivity index (χ3v) is 28.0. The highest BCUT2D eigenvalue weighted by Crippen LogP contribution is 2.50. The predicted molar refractivity (Wildman–Crippen MR) is 387 cm³/mol. The summed E-state index contributed by atoms with van der Waals surface area (Å²) in [6, 6.07) is 0. The zero-order valence-corrected chi connectivity index (χ0v) is 63.2. The van der Waals surface area contributed by atoms with Crippen molar-refractivity contribution in [3.8, 4) is 0 Å². The minimum Gasteiger partial charge on any atom is -0.469 e. The number of carbonyl (C=O) groups is 4. The van der Waals surface area contributed by atoms with E-state index >= 15 is 0 Å². The molecule has 0 heterocycles. The molecule has 0 bridgehead atoms. The van der Waals surface area contributed by atoms with E-state index in [1.165, 1.54) is 277 Å². The molecule has 6 aliphatic carbocycles. The maximum atomic E-state index is 12.0. The minimum atomic E-state index is -0.0615. The summed E-state index contributed by atoms with van der Waals surface area (Å²) in [4.78, 5) is 47.9. The molecule has 0 radical (unpaired) electrons. The fraction of sp³-hybridized carbons (Fsp3) is 0.953. The second-order valence-corrected chi connectivity index (χ2v) is 35.3. The lowest BCUT2D eigenvalue weighted by atomic mass is 9.72. The van der Waals surface area contributed by atoms with Gasteiger partial charge in [-0.1, -0.05) is 235 Å². The van der Waals surface area contributed by atoms with Crippen LogP contribution in [0.15, 0.2) is 0 Å². The highest BCUT2D eigenvalue weighted by Gasteiger charge is 2.40. The monoisotopic (exact) mass is 1300 g/mol. The van der Waals surface area contributed by atoms with Crippen molar-refractivity contribution in [2.24, 2.45) is 130 Å². The smallest absolute Gasteiger partial charge is 0.305 e. The lowest BCUT2D eigenvalue weighted by molar-refractivity contribution is -0.142. The van der Waals surface area contributed by atoms with Crippen LogP contribution >= 0.6 is 0 Å². The Balaban J connectivity index is 1.01. The number of methoxy groups -OCH3 is 4. The Labute approximate surface area is 574 Å². The van der Waals surface area contributed by atoms with Gasteiger partial charge in [-0.15, -0.1) is 0 Å². The third-order valence-electron chi connectivity index (χ3n) is 28.0. The summed E-state index contributed by atoms with van der Waals surface area (Å²) in [5.41, 5.74) is 0. The minimum absolute atomic E-state index is 0.0159. The van der Waals surface area contributed by atoms with Gasteiger partial charge in [0, 0.05) is 25.7 Å². The van der Waals surface area contributed by atoms with Gasteiger partial charge in [-0.25, -0.2) is 0 Å². The van der Waals surface area contributed by atoms with Crippen molar-refractivity contribution in [2.75, 3.05) is 28.4 Å². The van der Waals surface area contributed by atoms with Crippen molar-refractivity contribution < 1.29 is 38.1 Å². The van der Waals surface area contributed by atoms with Gasteiger partial charge >= 0.3 is 23.9 Å². The molecule has 2 unspecified atom stereocenters. The van der Waals surface area contributed by atoms with Crippen LogP contribution in [0.3, 0.4) is 0 Å². The first-order valence-corrected chi connectivity index (χ1v) is 41.1. The molecular formula is C85H152O8. The molecule has 540 valence electrons. The Morgan fingerprint density at radius 3 is 1.03 bits per heavy atom. The van der Waals surface area contributed by atoms with Crippen molar-refractivity contribution in [3.63, 3.8) is 0 Å². The molecule has 0 aromatic carbocycles. The molecule has 6 aliphatic rings. The first-order valence-electron chi connectivity index (χ1n) is 41.1. The van der Waals surface area contributed by atoms with E-state index in [9.17, 15) is 19.2 Å². The van der Waals surface area contributed by atoms with Gasteiger partial charge in [0.2, 0.25) is 0 Å². The maximum absolute atomic E-state index is 12.0. The van der Waals surface area contributed by atoms with Gasteiger partial charge in [-0.2, -0.15) is 0 Å². The van der Waals surface area contributed by atoms with Gasteiger partial charge in [0.15, 0.2) is 0 Å². The molecular weight excluding hydrogens is 1150 g/mol. The molecule has 0 saturated heterocycles. The van der Waals surface area contributed by atoms with Crippen molar-refractivity contribution in [2.45, 2.75) is 357 Å². The molecule has 0 spiro atoms. The Morgan fingerprint density at radius 2 is 0.613 bits per heavy atom. The number of hydrogen-bond donors (Lipinski definition) is 0.